The fourth-order valence-electron chi connectivity index (χ4n) is 3.93. The molecule has 0 fully saturated rings. The van der Waals surface area contributed by atoms with Crippen LogP contribution in [0.1, 0.15) is 41.5 Å². The highest BCUT2D eigenvalue weighted by atomic mass is 19.4. The smallest absolute Gasteiger partial charge is 0.359 e. The van der Waals surface area contributed by atoms with Crippen LogP contribution in [0.15, 0.2) is 73.6 Å². The first kappa shape index (κ1) is 23.4. The molecule has 36 heavy (non-hydrogen) atoms. The second kappa shape index (κ2) is 9.03. The van der Waals surface area contributed by atoms with Crippen LogP contribution in [0.5, 0.6) is 0 Å². The van der Waals surface area contributed by atoms with Gasteiger partial charge in [0.2, 0.25) is 0 Å². The first-order valence-electron chi connectivity index (χ1n) is 11.3. The molecule has 2 N–H and O–H groups in total. The van der Waals surface area contributed by atoms with Gasteiger partial charge in [-0.05, 0) is 49.2 Å². The zero-order chi connectivity index (χ0) is 25.4. The maximum atomic E-state index is 12.9. The molecule has 0 saturated heterocycles. The molecule has 0 spiro atoms. The Hall–Kier alpha value is -4.34. The number of fused-ring (bicyclic) bond motifs is 1. The van der Waals surface area contributed by atoms with Gasteiger partial charge in [-0.1, -0.05) is 18.2 Å². The summed E-state index contributed by atoms with van der Waals surface area (Å²) in [6.07, 6.45) is 4.19. The largest absolute Gasteiger partial charge is 0.416 e. The second-order valence-corrected chi connectivity index (χ2v) is 8.85. The Kier molecular flexibility index (Phi) is 5.87. The summed E-state index contributed by atoms with van der Waals surface area (Å²) in [5.74, 6) is -0.389. The molecular weight excluding hydrogens is 469 g/mol. The molecule has 184 valence electrons. The van der Waals surface area contributed by atoms with Gasteiger partial charge in [-0.2, -0.15) is 18.3 Å². The molecule has 0 radical (unpaired) electrons. The topological polar surface area (TPSA) is 80.5 Å². The molecule has 1 amide bonds. The van der Waals surface area contributed by atoms with Gasteiger partial charge in [-0.15, -0.1) is 0 Å². The molecule has 3 aromatic heterocycles. The third-order valence-electron chi connectivity index (χ3n) is 5.91. The van der Waals surface area contributed by atoms with Crippen molar-refractivity contribution in [3.8, 4) is 11.1 Å². The molecule has 5 rings (SSSR count). The highest BCUT2D eigenvalue weighted by Crippen LogP contribution is 2.30. The predicted molar refractivity (Wildman–Crippen MR) is 131 cm³/mol. The standard InChI is InChI=1S/C26H23F3N6O/c1-16(2)35-13-19(10-32-35)18-5-8-22-21(9-18)23(11-30-22)33-25(36)24-14-34(15-31-24)12-17-3-6-20(7-4-17)26(27,28)29/h3-11,13-16,30H,12H2,1-2H3,(H,33,36). The van der Waals surface area contributed by atoms with Gasteiger partial charge in [0, 0.05) is 47.6 Å². The Balaban J connectivity index is 1.31. The maximum absolute atomic E-state index is 12.9. The minimum absolute atomic E-state index is 0.200. The highest BCUT2D eigenvalue weighted by molar-refractivity contribution is 6.08. The first-order valence-corrected chi connectivity index (χ1v) is 11.3. The molecule has 7 nitrogen and oxygen atoms in total. The van der Waals surface area contributed by atoms with Crippen molar-refractivity contribution in [2.45, 2.75) is 32.6 Å². The minimum atomic E-state index is -4.38. The number of hydrogen-bond donors (Lipinski definition) is 2. The van der Waals surface area contributed by atoms with E-state index >= 15 is 0 Å². The molecule has 0 bridgehead atoms. The molecule has 5 aromatic rings. The quantitative estimate of drug-likeness (QED) is 0.299. The number of carbonyl (C=O) groups excluding carboxylic acids is 1. The van der Waals surface area contributed by atoms with Crippen molar-refractivity contribution < 1.29 is 18.0 Å². The van der Waals surface area contributed by atoms with Crippen LogP contribution in [-0.2, 0) is 12.7 Å². The van der Waals surface area contributed by atoms with Gasteiger partial charge in [0.1, 0.15) is 5.69 Å². The molecule has 2 aromatic carbocycles. The molecule has 0 unspecified atom stereocenters. The van der Waals surface area contributed by atoms with Gasteiger partial charge in [-0.25, -0.2) is 4.98 Å². The van der Waals surface area contributed by atoms with Crippen molar-refractivity contribution in [2.75, 3.05) is 5.32 Å². The average Bonchev–Trinajstić information content (AvgIpc) is 3.59. The average molecular weight is 493 g/mol. The number of carbonyl (C=O) groups is 1. The van der Waals surface area contributed by atoms with Crippen LogP contribution in [0, 0.1) is 0 Å². The fourth-order valence-corrected chi connectivity index (χ4v) is 3.93. The van der Waals surface area contributed by atoms with Crippen LogP contribution in [0.2, 0.25) is 0 Å². The van der Waals surface area contributed by atoms with Crippen LogP contribution in [0.3, 0.4) is 0 Å². The van der Waals surface area contributed by atoms with E-state index in [1.807, 2.05) is 35.3 Å². The summed E-state index contributed by atoms with van der Waals surface area (Å²) in [5.41, 5.74) is 3.61. The number of benzene rings is 2. The normalized spacial score (nSPS) is 11.9. The molecule has 0 aliphatic rings. The number of aromatic amines is 1. The third kappa shape index (κ3) is 4.74. The van der Waals surface area contributed by atoms with E-state index in [0.717, 1.165) is 34.2 Å². The number of anilines is 1. The summed E-state index contributed by atoms with van der Waals surface area (Å²) < 4.78 is 41.8. The van der Waals surface area contributed by atoms with E-state index in [1.54, 1.807) is 17.0 Å². The number of imidazole rings is 1. The van der Waals surface area contributed by atoms with Crippen LogP contribution >= 0.6 is 0 Å². The summed E-state index contributed by atoms with van der Waals surface area (Å²) in [6.45, 7) is 4.41. The third-order valence-corrected chi connectivity index (χ3v) is 5.91. The number of H-pyrrole nitrogens is 1. The van der Waals surface area contributed by atoms with Gasteiger partial charge < -0.3 is 14.9 Å². The number of halogens is 3. The van der Waals surface area contributed by atoms with Crippen molar-refractivity contribution in [1.29, 1.82) is 0 Å². The van der Waals surface area contributed by atoms with E-state index in [0.29, 0.717) is 17.8 Å². The Morgan fingerprint density at radius 2 is 1.86 bits per heavy atom. The fraction of sp³-hybridized carbons (Fsp3) is 0.192. The number of nitrogens with one attached hydrogen (secondary N) is 2. The van der Waals surface area contributed by atoms with E-state index < -0.39 is 11.7 Å². The maximum Gasteiger partial charge on any atom is 0.416 e. The van der Waals surface area contributed by atoms with Gasteiger partial charge in [0.15, 0.2) is 0 Å². The summed E-state index contributed by atoms with van der Waals surface area (Å²) in [6, 6.07) is 11.1. The second-order valence-electron chi connectivity index (χ2n) is 8.85. The lowest BCUT2D eigenvalue weighted by molar-refractivity contribution is -0.137. The Morgan fingerprint density at radius 3 is 2.56 bits per heavy atom. The lowest BCUT2D eigenvalue weighted by Gasteiger charge is -2.08. The Bertz CT molecular complexity index is 1530. The number of alkyl halides is 3. The lowest BCUT2D eigenvalue weighted by Crippen LogP contribution is -2.12. The van der Waals surface area contributed by atoms with E-state index in [-0.39, 0.29) is 17.6 Å². The number of amides is 1. The van der Waals surface area contributed by atoms with Gasteiger partial charge in [-0.3, -0.25) is 9.48 Å². The highest BCUT2D eigenvalue weighted by Gasteiger charge is 2.29. The predicted octanol–water partition coefficient (Wildman–Crippen LogP) is 6.13. The Labute approximate surface area is 204 Å². The van der Waals surface area contributed by atoms with E-state index in [1.165, 1.54) is 18.5 Å². The van der Waals surface area contributed by atoms with Crippen molar-refractivity contribution in [1.82, 2.24) is 24.3 Å². The number of aromatic nitrogens is 5. The first-order chi connectivity index (χ1) is 17.2. The minimum Gasteiger partial charge on any atom is -0.359 e. The zero-order valence-corrected chi connectivity index (χ0v) is 19.5. The summed E-state index contributed by atoms with van der Waals surface area (Å²) in [7, 11) is 0. The number of rotatable bonds is 6. The van der Waals surface area contributed by atoms with Crippen LogP contribution in [0.4, 0.5) is 18.9 Å². The van der Waals surface area contributed by atoms with Crippen LogP contribution < -0.4 is 5.32 Å². The van der Waals surface area contributed by atoms with Crippen molar-refractivity contribution in [3.63, 3.8) is 0 Å². The molecule has 0 aliphatic heterocycles. The SMILES string of the molecule is CC(C)n1cc(-c2ccc3[nH]cc(NC(=O)c4cn(Cc5ccc(C(F)(F)F)cc5)cn4)c3c2)cn1. The van der Waals surface area contributed by atoms with Crippen molar-refractivity contribution >= 4 is 22.5 Å². The summed E-state index contributed by atoms with van der Waals surface area (Å²) in [5, 5.41) is 8.14. The van der Waals surface area contributed by atoms with Crippen LogP contribution in [-0.4, -0.2) is 30.2 Å². The molecule has 0 aliphatic carbocycles. The molecule has 3 heterocycles. The summed E-state index contributed by atoms with van der Waals surface area (Å²) >= 11 is 0. The van der Waals surface area contributed by atoms with Gasteiger partial charge in [0.25, 0.3) is 5.91 Å². The number of hydrogen-bond acceptors (Lipinski definition) is 3. The zero-order valence-electron chi connectivity index (χ0n) is 19.5. The lowest BCUT2D eigenvalue weighted by atomic mass is 10.1. The van der Waals surface area contributed by atoms with Crippen molar-refractivity contribution in [3.05, 3.63) is 90.4 Å². The Morgan fingerprint density at radius 1 is 1.08 bits per heavy atom. The van der Waals surface area contributed by atoms with E-state index in [4.69, 9.17) is 0 Å². The molecule has 10 heteroatoms. The van der Waals surface area contributed by atoms with E-state index in [2.05, 4.69) is 34.2 Å². The van der Waals surface area contributed by atoms with Gasteiger partial charge in [0.05, 0.1) is 23.8 Å². The van der Waals surface area contributed by atoms with Crippen molar-refractivity contribution in [2.24, 2.45) is 0 Å². The van der Waals surface area contributed by atoms with Gasteiger partial charge >= 0.3 is 6.18 Å². The molecule has 0 atom stereocenters. The van der Waals surface area contributed by atoms with E-state index in [9.17, 15) is 18.0 Å². The number of nitrogens with zero attached hydrogens (tertiary/aromatic N) is 4. The monoisotopic (exact) mass is 492 g/mol. The molecule has 0 saturated carbocycles. The summed E-state index contributed by atoms with van der Waals surface area (Å²) in [4.78, 5) is 20.2. The molecular formula is C26H23F3N6O. The van der Waals surface area contributed by atoms with Crippen LogP contribution in [0.25, 0.3) is 22.0 Å².